The Balaban J connectivity index is 1.78. The van der Waals surface area contributed by atoms with Crippen LogP contribution < -0.4 is 10.2 Å². The summed E-state index contributed by atoms with van der Waals surface area (Å²) < 4.78 is 0. The predicted octanol–water partition coefficient (Wildman–Crippen LogP) is 3.56. The van der Waals surface area contributed by atoms with Gasteiger partial charge in [0.2, 0.25) is 0 Å². The molecule has 0 amide bonds. The molecule has 1 saturated heterocycles. The Morgan fingerprint density at radius 1 is 1.23 bits per heavy atom. The number of rotatable bonds is 8. The van der Waals surface area contributed by atoms with Gasteiger partial charge in [0.15, 0.2) is 0 Å². The van der Waals surface area contributed by atoms with E-state index in [9.17, 15) is 5.11 Å². The van der Waals surface area contributed by atoms with Gasteiger partial charge in [-0.2, -0.15) is 0 Å². The summed E-state index contributed by atoms with van der Waals surface area (Å²) in [5.74, 6) is 0.504. The van der Waals surface area contributed by atoms with Crippen molar-refractivity contribution in [2.24, 2.45) is 5.92 Å². The lowest BCUT2D eigenvalue weighted by Crippen LogP contribution is -2.34. The van der Waals surface area contributed by atoms with E-state index in [0.717, 1.165) is 32.5 Å². The molecule has 0 spiro atoms. The molecular weight excluding hydrogens is 272 g/mol. The van der Waals surface area contributed by atoms with Crippen LogP contribution in [0.1, 0.15) is 51.5 Å². The molecule has 1 aliphatic rings. The first-order valence-corrected chi connectivity index (χ1v) is 8.91. The monoisotopic (exact) mass is 304 g/mol. The van der Waals surface area contributed by atoms with Crippen LogP contribution >= 0.6 is 0 Å². The second kappa shape index (κ2) is 9.16. The van der Waals surface area contributed by atoms with Crippen molar-refractivity contribution in [1.82, 2.24) is 5.32 Å². The molecule has 124 valence electrons. The Morgan fingerprint density at radius 2 is 1.91 bits per heavy atom. The molecule has 0 bridgehead atoms. The van der Waals surface area contributed by atoms with Crippen LogP contribution in [0, 0.1) is 5.92 Å². The molecule has 1 aromatic carbocycles. The third-order valence-corrected chi connectivity index (χ3v) is 4.82. The van der Waals surface area contributed by atoms with Gasteiger partial charge in [0.25, 0.3) is 0 Å². The molecule has 1 heterocycles. The molecule has 2 rings (SSSR count). The summed E-state index contributed by atoms with van der Waals surface area (Å²) in [7, 11) is 0. The average Bonchev–Trinajstić information content (AvgIpc) is 2.58. The number of aliphatic hydroxyl groups is 1. The number of nitrogens with one attached hydrogen (secondary N) is 1. The number of aliphatic hydroxyl groups excluding tert-OH is 1. The Bertz CT molecular complexity index is 410. The number of piperidine rings is 1. The van der Waals surface area contributed by atoms with E-state index in [1.807, 2.05) is 0 Å². The van der Waals surface area contributed by atoms with E-state index in [-0.39, 0.29) is 0 Å². The van der Waals surface area contributed by atoms with Crippen molar-refractivity contribution < 1.29 is 5.11 Å². The number of anilines is 1. The summed E-state index contributed by atoms with van der Waals surface area (Å²) in [6.45, 7) is 7.95. The van der Waals surface area contributed by atoms with Gasteiger partial charge in [-0.15, -0.1) is 0 Å². The molecule has 1 unspecified atom stereocenters. The summed E-state index contributed by atoms with van der Waals surface area (Å²) in [5.41, 5.74) is 2.68. The van der Waals surface area contributed by atoms with E-state index in [2.05, 4.69) is 48.3 Å². The van der Waals surface area contributed by atoms with Crippen LogP contribution in [0.2, 0.25) is 0 Å². The molecule has 3 nitrogen and oxygen atoms in total. The maximum absolute atomic E-state index is 9.22. The number of unbranched alkanes of at least 4 members (excludes halogenated alkanes) is 1. The number of benzene rings is 1. The van der Waals surface area contributed by atoms with Crippen molar-refractivity contribution >= 4 is 5.69 Å². The minimum absolute atomic E-state index is 0.342. The second-order valence-electron chi connectivity index (χ2n) is 6.70. The molecular formula is C19H32N2O. The first kappa shape index (κ1) is 17.3. The molecule has 1 aliphatic heterocycles. The Hall–Kier alpha value is -1.06. The topological polar surface area (TPSA) is 35.5 Å². The van der Waals surface area contributed by atoms with E-state index in [0.29, 0.717) is 18.6 Å². The summed E-state index contributed by atoms with van der Waals surface area (Å²) in [4.78, 5) is 2.44. The van der Waals surface area contributed by atoms with E-state index in [1.54, 1.807) is 0 Å². The number of nitrogens with zero attached hydrogens (tertiary/aromatic N) is 1. The van der Waals surface area contributed by atoms with E-state index in [1.165, 1.54) is 30.5 Å². The van der Waals surface area contributed by atoms with Crippen LogP contribution in [0.15, 0.2) is 24.3 Å². The lowest BCUT2D eigenvalue weighted by atomic mass is 9.97. The van der Waals surface area contributed by atoms with Crippen LogP contribution in [0.3, 0.4) is 0 Å². The molecule has 0 saturated carbocycles. The number of hydrogen-bond donors (Lipinski definition) is 2. The maximum Gasteiger partial charge on any atom is 0.0460 e. The summed E-state index contributed by atoms with van der Waals surface area (Å²) in [6.07, 6.45) is 6.04. The smallest absolute Gasteiger partial charge is 0.0460 e. The molecule has 3 heteroatoms. The first-order valence-electron chi connectivity index (χ1n) is 8.91. The molecule has 0 aliphatic carbocycles. The van der Waals surface area contributed by atoms with Gasteiger partial charge in [-0.05, 0) is 49.8 Å². The van der Waals surface area contributed by atoms with Gasteiger partial charge in [0, 0.05) is 38.0 Å². The largest absolute Gasteiger partial charge is 0.396 e. The van der Waals surface area contributed by atoms with Crippen LogP contribution in [0.4, 0.5) is 5.69 Å². The highest BCUT2D eigenvalue weighted by Gasteiger charge is 2.18. The molecule has 22 heavy (non-hydrogen) atoms. The van der Waals surface area contributed by atoms with Crippen molar-refractivity contribution in [2.75, 3.05) is 24.6 Å². The predicted molar refractivity (Wildman–Crippen MR) is 94.3 cm³/mol. The zero-order valence-corrected chi connectivity index (χ0v) is 14.2. The average molecular weight is 304 g/mol. The van der Waals surface area contributed by atoms with Gasteiger partial charge in [0.05, 0.1) is 0 Å². The molecule has 0 aromatic heterocycles. The minimum Gasteiger partial charge on any atom is -0.396 e. The number of hydrogen-bond acceptors (Lipinski definition) is 3. The van der Waals surface area contributed by atoms with Crippen LogP contribution in [-0.4, -0.2) is 30.8 Å². The Kier molecular flexibility index (Phi) is 7.20. The Labute approximate surface area is 135 Å². The third kappa shape index (κ3) is 5.29. The molecule has 2 N–H and O–H groups in total. The van der Waals surface area contributed by atoms with E-state index in [4.69, 9.17) is 0 Å². The minimum atomic E-state index is 0.342. The molecule has 1 aromatic rings. The van der Waals surface area contributed by atoms with E-state index >= 15 is 0 Å². The fourth-order valence-corrected chi connectivity index (χ4v) is 3.10. The highest BCUT2D eigenvalue weighted by molar-refractivity contribution is 5.48. The third-order valence-electron chi connectivity index (χ3n) is 4.82. The lowest BCUT2D eigenvalue weighted by molar-refractivity contribution is 0.203. The van der Waals surface area contributed by atoms with Gasteiger partial charge in [0.1, 0.15) is 0 Å². The summed E-state index contributed by atoms with van der Waals surface area (Å²) in [5, 5.41) is 12.8. The van der Waals surface area contributed by atoms with Crippen molar-refractivity contribution in [3.05, 3.63) is 29.8 Å². The summed E-state index contributed by atoms with van der Waals surface area (Å²) in [6, 6.07) is 9.57. The van der Waals surface area contributed by atoms with Crippen molar-refractivity contribution in [2.45, 2.75) is 58.5 Å². The fourth-order valence-electron chi connectivity index (χ4n) is 3.10. The van der Waals surface area contributed by atoms with Crippen LogP contribution in [0.25, 0.3) is 0 Å². The van der Waals surface area contributed by atoms with E-state index < -0.39 is 0 Å². The SMILES string of the molecule is CCCCC(C)NCc1ccc(N2CCC(CO)CC2)cc1. The lowest BCUT2D eigenvalue weighted by Gasteiger charge is -2.33. The van der Waals surface area contributed by atoms with Gasteiger partial charge in [-0.25, -0.2) is 0 Å². The van der Waals surface area contributed by atoms with Crippen molar-refractivity contribution in [1.29, 1.82) is 0 Å². The second-order valence-corrected chi connectivity index (χ2v) is 6.70. The Morgan fingerprint density at radius 3 is 2.50 bits per heavy atom. The highest BCUT2D eigenvalue weighted by Crippen LogP contribution is 2.23. The fraction of sp³-hybridized carbons (Fsp3) is 0.684. The molecule has 0 radical (unpaired) electrons. The van der Waals surface area contributed by atoms with Gasteiger partial charge >= 0.3 is 0 Å². The zero-order valence-electron chi connectivity index (χ0n) is 14.2. The first-order chi connectivity index (χ1) is 10.7. The van der Waals surface area contributed by atoms with Crippen molar-refractivity contribution in [3.63, 3.8) is 0 Å². The zero-order chi connectivity index (χ0) is 15.8. The standard InChI is InChI=1S/C19H32N2O/c1-3-4-5-16(2)20-14-17-6-8-19(9-7-17)21-12-10-18(15-22)11-13-21/h6-9,16,18,20,22H,3-5,10-15H2,1-2H3. The van der Waals surface area contributed by atoms with Crippen LogP contribution in [-0.2, 0) is 6.54 Å². The van der Waals surface area contributed by atoms with Crippen LogP contribution in [0.5, 0.6) is 0 Å². The molecule has 1 fully saturated rings. The highest BCUT2D eigenvalue weighted by atomic mass is 16.3. The quantitative estimate of drug-likeness (QED) is 0.771. The maximum atomic E-state index is 9.22. The van der Waals surface area contributed by atoms with Gasteiger partial charge < -0.3 is 15.3 Å². The van der Waals surface area contributed by atoms with Gasteiger partial charge in [-0.1, -0.05) is 31.9 Å². The molecule has 1 atom stereocenters. The normalized spacial score (nSPS) is 17.7. The van der Waals surface area contributed by atoms with Gasteiger partial charge in [-0.3, -0.25) is 0 Å². The summed E-state index contributed by atoms with van der Waals surface area (Å²) >= 11 is 0. The van der Waals surface area contributed by atoms with Crippen molar-refractivity contribution in [3.8, 4) is 0 Å².